The van der Waals surface area contributed by atoms with Gasteiger partial charge in [-0.2, -0.15) is 8.42 Å². The Labute approximate surface area is 88.8 Å². The van der Waals surface area contributed by atoms with Crippen molar-refractivity contribution < 1.29 is 21.4 Å². The van der Waals surface area contributed by atoms with Gasteiger partial charge in [-0.05, 0) is 6.07 Å². The molecule has 0 saturated carbocycles. The topological polar surface area (TPSA) is 86.5 Å². The average molecular weight is 256 g/mol. The van der Waals surface area contributed by atoms with Crippen LogP contribution in [-0.2, 0) is 10.5 Å². The van der Waals surface area contributed by atoms with Gasteiger partial charge in [0.2, 0.25) is 0 Å². The predicted molar refractivity (Wildman–Crippen MR) is 48.8 cm³/mol. The van der Waals surface area contributed by atoms with Crippen molar-refractivity contribution in [1.82, 2.24) is 0 Å². The van der Waals surface area contributed by atoms with Gasteiger partial charge in [-0.1, -0.05) is 15.5 Å². The summed E-state index contributed by atoms with van der Waals surface area (Å²) in [5.74, 6) is -0.631. The molecule has 0 fully saturated rings. The van der Waals surface area contributed by atoms with E-state index in [2.05, 4.69) is 4.18 Å². The summed E-state index contributed by atoms with van der Waals surface area (Å²) in [7, 11) is -5.25. The summed E-state index contributed by atoms with van der Waals surface area (Å²) in [6.45, 7) is 0. The SMILES string of the molecule is O=[N+]([O-])c1ccc(Cl)c(OS(=O)(=O)F)c1. The molecule has 15 heavy (non-hydrogen) atoms. The van der Waals surface area contributed by atoms with Crippen molar-refractivity contribution in [3.8, 4) is 5.75 Å². The molecule has 1 rings (SSSR count). The number of halogens is 2. The van der Waals surface area contributed by atoms with Gasteiger partial charge in [0.05, 0.1) is 16.0 Å². The molecule has 0 spiro atoms. The first-order valence-electron chi connectivity index (χ1n) is 3.37. The lowest BCUT2D eigenvalue weighted by molar-refractivity contribution is -0.384. The second-order valence-electron chi connectivity index (χ2n) is 2.35. The molecule has 0 aliphatic rings. The summed E-state index contributed by atoms with van der Waals surface area (Å²) >= 11 is 5.43. The van der Waals surface area contributed by atoms with Crippen LogP contribution in [0.5, 0.6) is 5.75 Å². The highest BCUT2D eigenvalue weighted by Gasteiger charge is 2.16. The lowest BCUT2D eigenvalue weighted by Crippen LogP contribution is -2.02. The highest BCUT2D eigenvalue weighted by atomic mass is 35.5. The van der Waals surface area contributed by atoms with E-state index in [1.165, 1.54) is 0 Å². The number of benzene rings is 1. The normalized spacial score (nSPS) is 11.1. The predicted octanol–water partition coefficient (Wildman–Crippen LogP) is 1.84. The molecule has 0 heterocycles. The largest absolute Gasteiger partial charge is 0.488 e. The van der Waals surface area contributed by atoms with E-state index in [1.807, 2.05) is 0 Å². The zero-order chi connectivity index (χ0) is 11.6. The Bertz CT molecular complexity index is 502. The Morgan fingerprint density at radius 1 is 1.47 bits per heavy atom. The average Bonchev–Trinajstić information content (AvgIpc) is 2.06. The quantitative estimate of drug-likeness (QED) is 0.467. The van der Waals surface area contributed by atoms with Crippen LogP contribution in [0.3, 0.4) is 0 Å². The molecule has 0 aromatic heterocycles. The fourth-order valence-corrected chi connectivity index (χ4v) is 1.33. The fourth-order valence-electron chi connectivity index (χ4n) is 0.777. The number of nitrogens with zero attached hydrogens (tertiary/aromatic N) is 1. The van der Waals surface area contributed by atoms with Gasteiger partial charge in [0.15, 0.2) is 5.75 Å². The fraction of sp³-hybridized carbons (Fsp3) is 0. The van der Waals surface area contributed by atoms with E-state index >= 15 is 0 Å². The molecule has 0 radical (unpaired) electrons. The van der Waals surface area contributed by atoms with Crippen molar-refractivity contribution in [2.75, 3.05) is 0 Å². The first-order valence-corrected chi connectivity index (χ1v) is 5.06. The molecule has 0 N–H and O–H groups in total. The van der Waals surface area contributed by atoms with E-state index in [4.69, 9.17) is 11.6 Å². The molecule has 0 bridgehead atoms. The Hall–Kier alpha value is -1.41. The maximum Gasteiger partial charge on any atom is 0.488 e. The molecule has 0 saturated heterocycles. The Balaban J connectivity index is 3.17. The maximum atomic E-state index is 12.1. The van der Waals surface area contributed by atoms with Crippen LogP contribution < -0.4 is 4.18 Å². The number of rotatable bonds is 3. The first-order chi connectivity index (χ1) is 6.79. The second kappa shape index (κ2) is 3.99. The third kappa shape index (κ3) is 3.33. The standard InChI is InChI=1S/C6H3ClFNO5S/c7-5-2-1-4(9(10)11)3-6(5)14-15(8,12)13/h1-3H. The van der Waals surface area contributed by atoms with Crippen LogP contribution >= 0.6 is 11.6 Å². The summed E-state index contributed by atoms with van der Waals surface area (Å²) in [5, 5.41) is 10.0. The van der Waals surface area contributed by atoms with Gasteiger partial charge in [0.25, 0.3) is 5.69 Å². The van der Waals surface area contributed by atoms with Crippen LogP contribution in [0.15, 0.2) is 18.2 Å². The van der Waals surface area contributed by atoms with Crippen molar-refractivity contribution in [2.45, 2.75) is 0 Å². The third-order valence-corrected chi connectivity index (χ3v) is 2.01. The minimum absolute atomic E-state index is 0.248. The van der Waals surface area contributed by atoms with E-state index < -0.39 is 26.9 Å². The van der Waals surface area contributed by atoms with Crippen molar-refractivity contribution in [3.63, 3.8) is 0 Å². The van der Waals surface area contributed by atoms with Crippen LogP contribution in [0.25, 0.3) is 0 Å². The monoisotopic (exact) mass is 255 g/mol. The van der Waals surface area contributed by atoms with Crippen LogP contribution in [0.1, 0.15) is 0 Å². The minimum atomic E-state index is -5.25. The molecule has 6 nitrogen and oxygen atoms in total. The Kier molecular flexibility index (Phi) is 3.10. The van der Waals surface area contributed by atoms with Gasteiger partial charge < -0.3 is 4.18 Å². The second-order valence-corrected chi connectivity index (χ2v) is 3.71. The van der Waals surface area contributed by atoms with Crippen molar-refractivity contribution in [3.05, 3.63) is 33.3 Å². The van der Waals surface area contributed by atoms with Gasteiger partial charge in [0.1, 0.15) is 0 Å². The number of nitro groups is 1. The summed E-state index contributed by atoms with van der Waals surface area (Å²) in [5.41, 5.74) is -0.460. The van der Waals surface area contributed by atoms with E-state index in [0.717, 1.165) is 12.1 Å². The third-order valence-electron chi connectivity index (χ3n) is 1.31. The first kappa shape index (κ1) is 11.7. The van der Waals surface area contributed by atoms with Crippen LogP contribution in [0.4, 0.5) is 9.57 Å². The maximum absolute atomic E-state index is 12.1. The van der Waals surface area contributed by atoms with Crippen LogP contribution in [0.2, 0.25) is 5.02 Å². The zero-order valence-corrected chi connectivity index (χ0v) is 8.46. The molecule has 0 unspecified atom stereocenters. The summed E-state index contributed by atoms with van der Waals surface area (Å²) in [6, 6.07) is 2.76. The molecular formula is C6H3ClFNO5S. The summed E-state index contributed by atoms with van der Waals surface area (Å²) < 4.78 is 36.1. The molecule has 0 atom stereocenters. The van der Waals surface area contributed by atoms with Crippen molar-refractivity contribution in [2.24, 2.45) is 0 Å². The van der Waals surface area contributed by atoms with Crippen molar-refractivity contribution >= 4 is 27.8 Å². The molecule has 0 aliphatic heterocycles. The van der Waals surface area contributed by atoms with Gasteiger partial charge in [0, 0.05) is 6.07 Å². The van der Waals surface area contributed by atoms with Gasteiger partial charge in [-0.25, -0.2) is 0 Å². The van der Waals surface area contributed by atoms with E-state index in [9.17, 15) is 22.4 Å². The minimum Gasteiger partial charge on any atom is -0.356 e. The zero-order valence-electron chi connectivity index (χ0n) is 6.88. The van der Waals surface area contributed by atoms with E-state index in [-0.39, 0.29) is 5.02 Å². The lowest BCUT2D eigenvalue weighted by Gasteiger charge is -2.01. The van der Waals surface area contributed by atoms with Crippen LogP contribution in [-0.4, -0.2) is 13.3 Å². The molecule has 1 aromatic rings. The number of non-ortho nitro benzene ring substituents is 1. The molecule has 0 amide bonds. The Morgan fingerprint density at radius 3 is 2.53 bits per heavy atom. The van der Waals surface area contributed by atoms with E-state index in [1.54, 1.807) is 0 Å². The van der Waals surface area contributed by atoms with Gasteiger partial charge in [-0.15, -0.1) is 0 Å². The number of nitro benzene ring substituents is 1. The van der Waals surface area contributed by atoms with Gasteiger partial charge >= 0.3 is 10.5 Å². The molecular weight excluding hydrogens is 253 g/mol. The smallest absolute Gasteiger partial charge is 0.356 e. The molecule has 82 valence electrons. The van der Waals surface area contributed by atoms with Gasteiger partial charge in [-0.3, -0.25) is 10.1 Å². The van der Waals surface area contributed by atoms with E-state index in [0.29, 0.717) is 6.07 Å². The lowest BCUT2D eigenvalue weighted by atomic mass is 10.3. The Morgan fingerprint density at radius 2 is 2.07 bits per heavy atom. The molecule has 9 heteroatoms. The van der Waals surface area contributed by atoms with Crippen molar-refractivity contribution in [1.29, 1.82) is 0 Å². The number of hydrogen-bond donors (Lipinski definition) is 0. The molecule has 1 aromatic carbocycles. The molecule has 0 aliphatic carbocycles. The van der Waals surface area contributed by atoms with Crippen LogP contribution in [0, 0.1) is 10.1 Å². The summed E-state index contributed by atoms with van der Waals surface area (Å²) in [6.07, 6.45) is 0. The highest BCUT2D eigenvalue weighted by Crippen LogP contribution is 2.29. The summed E-state index contributed by atoms with van der Waals surface area (Å²) in [4.78, 5) is 9.50. The number of hydrogen-bond acceptors (Lipinski definition) is 5. The highest BCUT2D eigenvalue weighted by molar-refractivity contribution is 7.81.